The van der Waals surface area contributed by atoms with Crippen LogP contribution in [0.4, 0.5) is 0 Å². The van der Waals surface area contributed by atoms with Gasteiger partial charge in [-0.1, -0.05) is 28.1 Å². The van der Waals surface area contributed by atoms with Crippen LogP contribution in [0.3, 0.4) is 0 Å². The SMILES string of the molecule is O=C1/C(=C\c2ccc(Br)cc2)CCC/C1=C/c1ccco1. The Bertz CT molecular complexity index is 691. The molecule has 1 aliphatic rings. The van der Waals surface area contributed by atoms with Gasteiger partial charge in [-0.25, -0.2) is 0 Å². The van der Waals surface area contributed by atoms with Crippen LogP contribution < -0.4 is 0 Å². The Morgan fingerprint density at radius 2 is 1.71 bits per heavy atom. The zero-order valence-electron chi connectivity index (χ0n) is 11.5. The second-order valence-corrected chi connectivity index (χ2v) is 6.00. The van der Waals surface area contributed by atoms with E-state index in [1.54, 1.807) is 6.26 Å². The lowest BCUT2D eigenvalue weighted by Crippen LogP contribution is -2.12. The molecule has 0 spiro atoms. The molecule has 0 bridgehead atoms. The molecule has 0 atom stereocenters. The minimum Gasteiger partial charge on any atom is -0.465 e. The molecule has 1 aromatic carbocycles. The third-order valence-electron chi connectivity index (χ3n) is 3.55. The molecule has 1 aromatic heterocycles. The minimum atomic E-state index is 0.139. The average molecular weight is 343 g/mol. The number of ketones is 1. The molecular weight excluding hydrogens is 328 g/mol. The van der Waals surface area contributed by atoms with E-state index >= 15 is 0 Å². The van der Waals surface area contributed by atoms with Crippen LogP contribution in [0.2, 0.25) is 0 Å². The highest BCUT2D eigenvalue weighted by Gasteiger charge is 2.20. The van der Waals surface area contributed by atoms with Crippen molar-refractivity contribution in [3.05, 3.63) is 69.6 Å². The highest BCUT2D eigenvalue weighted by molar-refractivity contribution is 9.10. The summed E-state index contributed by atoms with van der Waals surface area (Å²) in [5.41, 5.74) is 2.77. The minimum absolute atomic E-state index is 0.139. The molecule has 0 radical (unpaired) electrons. The number of furan rings is 1. The predicted molar refractivity (Wildman–Crippen MR) is 87.7 cm³/mol. The molecule has 1 saturated carbocycles. The summed E-state index contributed by atoms with van der Waals surface area (Å²) in [4.78, 5) is 12.5. The first-order valence-electron chi connectivity index (χ1n) is 6.97. The Kier molecular flexibility index (Phi) is 4.20. The number of allylic oxidation sites excluding steroid dienone is 2. The van der Waals surface area contributed by atoms with Gasteiger partial charge in [0.15, 0.2) is 5.78 Å². The van der Waals surface area contributed by atoms with Crippen molar-refractivity contribution in [1.29, 1.82) is 0 Å². The van der Waals surface area contributed by atoms with Crippen molar-refractivity contribution in [2.75, 3.05) is 0 Å². The molecule has 21 heavy (non-hydrogen) atoms. The van der Waals surface area contributed by atoms with E-state index in [1.165, 1.54) is 0 Å². The van der Waals surface area contributed by atoms with E-state index in [0.717, 1.165) is 46.2 Å². The maximum absolute atomic E-state index is 12.5. The van der Waals surface area contributed by atoms with E-state index in [2.05, 4.69) is 15.9 Å². The number of hydrogen-bond donors (Lipinski definition) is 0. The van der Waals surface area contributed by atoms with Crippen molar-refractivity contribution in [2.45, 2.75) is 19.3 Å². The molecule has 3 heteroatoms. The van der Waals surface area contributed by atoms with Gasteiger partial charge in [0.05, 0.1) is 6.26 Å². The van der Waals surface area contributed by atoms with Crippen LogP contribution in [-0.4, -0.2) is 5.78 Å². The smallest absolute Gasteiger partial charge is 0.185 e. The van der Waals surface area contributed by atoms with Crippen molar-refractivity contribution >= 4 is 33.9 Å². The summed E-state index contributed by atoms with van der Waals surface area (Å²) in [6, 6.07) is 11.7. The Morgan fingerprint density at radius 3 is 2.38 bits per heavy atom. The van der Waals surface area contributed by atoms with E-state index in [4.69, 9.17) is 4.42 Å². The molecule has 1 aliphatic carbocycles. The molecule has 0 aliphatic heterocycles. The van der Waals surface area contributed by atoms with Crippen molar-refractivity contribution in [3.8, 4) is 0 Å². The Morgan fingerprint density at radius 1 is 1.00 bits per heavy atom. The first kappa shape index (κ1) is 14.1. The van der Waals surface area contributed by atoms with Crippen molar-refractivity contribution in [1.82, 2.24) is 0 Å². The Balaban J connectivity index is 1.86. The van der Waals surface area contributed by atoms with Gasteiger partial charge < -0.3 is 4.42 Å². The fourth-order valence-electron chi connectivity index (χ4n) is 2.48. The van der Waals surface area contributed by atoms with E-state index < -0.39 is 0 Å². The quantitative estimate of drug-likeness (QED) is 0.696. The van der Waals surface area contributed by atoms with E-state index in [9.17, 15) is 4.79 Å². The monoisotopic (exact) mass is 342 g/mol. The maximum atomic E-state index is 12.5. The normalized spacial score (nSPS) is 19.4. The molecule has 0 amide bonds. The predicted octanol–water partition coefficient (Wildman–Crippen LogP) is 5.26. The highest BCUT2D eigenvalue weighted by atomic mass is 79.9. The molecule has 106 valence electrons. The summed E-state index contributed by atoms with van der Waals surface area (Å²) >= 11 is 3.42. The number of rotatable bonds is 2. The molecule has 0 N–H and O–H groups in total. The van der Waals surface area contributed by atoms with Crippen molar-refractivity contribution in [3.63, 3.8) is 0 Å². The third kappa shape index (κ3) is 3.42. The maximum Gasteiger partial charge on any atom is 0.185 e. The molecule has 0 unspecified atom stereocenters. The van der Waals surface area contributed by atoms with Gasteiger partial charge in [0.1, 0.15) is 5.76 Å². The molecule has 0 saturated heterocycles. The van der Waals surface area contributed by atoms with Crippen LogP contribution in [-0.2, 0) is 4.79 Å². The Labute approximate surface area is 132 Å². The molecule has 1 heterocycles. The van der Waals surface area contributed by atoms with Gasteiger partial charge in [0.2, 0.25) is 0 Å². The fourth-order valence-corrected chi connectivity index (χ4v) is 2.75. The van der Waals surface area contributed by atoms with Crippen LogP contribution >= 0.6 is 15.9 Å². The summed E-state index contributed by atoms with van der Waals surface area (Å²) in [6.07, 6.45) is 8.13. The molecule has 2 nitrogen and oxygen atoms in total. The summed E-state index contributed by atoms with van der Waals surface area (Å²) in [6.45, 7) is 0. The standard InChI is InChI=1S/C18H15BrO2/c19-16-8-6-13(7-9-16)11-14-3-1-4-15(18(14)20)12-17-5-2-10-21-17/h2,5-12H,1,3-4H2/b14-11-,15-12-. The first-order chi connectivity index (χ1) is 10.2. The largest absolute Gasteiger partial charge is 0.465 e. The zero-order valence-corrected chi connectivity index (χ0v) is 13.1. The second-order valence-electron chi connectivity index (χ2n) is 5.09. The molecule has 3 rings (SSSR count). The van der Waals surface area contributed by atoms with Crippen LogP contribution in [0.15, 0.2) is 62.7 Å². The van der Waals surface area contributed by atoms with Gasteiger partial charge in [-0.05, 0) is 61.2 Å². The van der Waals surface area contributed by atoms with Crippen LogP contribution in [0.25, 0.3) is 12.2 Å². The van der Waals surface area contributed by atoms with E-state index in [0.29, 0.717) is 0 Å². The number of halogens is 1. The number of benzene rings is 1. The van der Waals surface area contributed by atoms with Gasteiger partial charge in [-0.15, -0.1) is 0 Å². The van der Waals surface area contributed by atoms with Crippen molar-refractivity contribution < 1.29 is 9.21 Å². The highest BCUT2D eigenvalue weighted by Crippen LogP contribution is 2.28. The molecule has 1 fully saturated rings. The fraction of sp³-hybridized carbons (Fsp3) is 0.167. The van der Waals surface area contributed by atoms with E-state index in [-0.39, 0.29) is 5.78 Å². The van der Waals surface area contributed by atoms with Crippen molar-refractivity contribution in [2.24, 2.45) is 0 Å². The molecular formula is C18H15BrO2. The number of hydrogen-bond acceptors (Lipinski definition) is 2. The lowest BCUT2D eigenvalue weighted by Gasteiger charge is -2.16. The van der Waals surface area contributed by atoms with Gasteiger partial charge in [-0.3, -0.25) is 4.79 Å². The zero-order chi connectivity index (χ0) is 14.7. The van der Waals surface area contributed by atoms with Gasteiger partial charge >= 0.3 is 0 Å². The van der Waals surface area contributed by atoms with Gasteiger partial charge in [0.25, 0.3) is 0 Å². The van der Waals surface area contributed by atoms with E-state index in [1.807, 2.05) is 48.6 Å². The van der Waals surface area contributed by atoms with Crippen LogP contribution in [0.1, 0.15) is 30.6 Å². The first-order valence-corrected chi connectivity index (χ1v) is 7.76. The number of carbonyl (C=O) groups is 1. The summed E-state index contributed by atoms with van der Waals surface area (Å²) in [5.74, 6) is 0.879. The lowest BCUT2D eigenvalue weighted by molar-refractivity contribution is -0.112. The molecule has 2 aromatic rings. The summed E-state index contributed by atoms with van der Waals surface area (Å²) in [5, 5.41) is 0. The lowest BCUT2D eigenvalue weighted by atomic mass is 9.87. The van der Waals surface area contributed by atoms with Crippen LogP contribution in [0, 0.1) is 0 Å². The Hall–Kier alpha value is -1.87. The third-order valence-corrected chi connectivity index (χ3v) is 4.07. The average Bonchev–Trinajstić information content (AvgIpc) is 2.99. The topological polar surface area (TPSA) is 30.2 Å². The van der Waals surface area contributed by atoms with Gasteiger partial charge in [0, 0.05) is 15.6 Å². The summed E-state index contributed by atoms with van der Waals surface area (Å²) < 4.78 is 6.34. The van der Waals surface area contributed by atoms with Gasteiger partial charge in [-0.2, -0.15) is 0 Å². The van der Waals surface area contributed by atoms with Crippen LogP contribution in [0.5, 0.6) is 0 Å². The number of carbonyl (C=O) groups excluding carboxylic acids is 1. The summed E-state index contributed by atoms with van der Waals surface area (Å²) in [7, 11) is 0. The number of Topliss-reactive ketones (excluding diaryl/α,β-unsaturated/α-hetero) is 1. The second kappa shape index (κ2) is 6.27.